The van der Waals surface area contributed by atoms with Crippen LogP contribution in [0.2, 0.25) is 0 Å². The molecule has 2 heteroatoms. The molecule has 0 amide bonds. The highest BCUT2D eigenvalue weighted by Gasteiger charge is 2.27. The molecule has 1 saturated carbocycles. The maximum Gasteiger partial charge on any atom is 0.0443 e. The number of anilines is 1. The number of para-hydroxylation sites is 1. The number of allylic oxidation sites excluding steroid dienone is 2. The summed E-state index contributed by atoms with van der Waals surface area (Å²) in [6.07, 6.45) is 13.5. The lowest BCUT2D eigenvalue weighted by Crippen LogP contribution is -2.47. The average Bonchev–Trinajstić information content (AvgIpc) is 3.40. The molecule has 0 unspecified atom stereocenters. The summed E-state index contributed by atoms with van der Waals surface area (Å²) in [5, 5.41) is 0. The molecule has 0 spiro atoms. The highest BCUT2D eigenvalue weighted by atomic mass is 15.3. The Hall–Kier alpha value is -1.28. The largest absolute Gasteiger partial charge is 0.368 e. The van der Waals surface area contributed by atoms with E-state index in [1.165, 1.54) is 95.3 Å². The van der Waals surface area contributed by atoms with E-state index in [1.807, 2.05) is 0 Å². The van der Waals surface area contributed by atoms with Crippen LogP contribution in [-0.4, -0.2) is 37.6 Å². The second-order valence-corrected chi connectivity index (χ2v) is 7.93. The first kappa shape index (κ1) is 16.2. The number of nitrogens with zero attached hydrogens (tertiary/aromatic N) is 2. The molecule has 130 valence electrons. The fourth-order valence-electron chi connectivity index (χ4n) is 4.29. The van der Waals surface area contributed by atoms with Gasteiger partial charge >= 0.3 is 0 Å². The minimum atomic E-state index is 1.02. The van der Waals surface area contributed by atoms with E-state index < -0.39 is 0 Å². The first-order valence-electron chi connectivity index (χ1n) is 10.2. The Morgan fingerprint density at radius 1 is 0.875 bits per heavy atom. The van der Waals surface area contributed by atoms with Crippen LogP contribution in [-0.2, 0) is 0 Å². The minimum absolute atomic E-state index is 1.02. The highest BCUT2D eigenvalue weighted by molar-refractivity contribution is 5.77. The van der Waals surface area contributed by atoms with Crippen LogP contribution in [0, 0.1) is 5.92 Å². The van der Waals surface area contributed by atoms with Gasteiger partial charge in [-0.25, -0.2) is 0 Å². The van der Waals surface area contributed by atoms with E-state index in [1.54, 1.807) is 5.57 Å². The number of piperazine rings is 1. The van der Waals surface area contributed by atoms with E-state index in [0.29, 0.717) is 0 Å². The van der Waals surface area contributed by atoms with Crippen LogP contribution in [0.3, 0.4) is 0 Å². The smallest absolute Gasteiger partial charge is 0.0443 e. The molecule has 24 heavy (non-hydrogen) atoms. The first-order chi connectivity index (χ1) is 11.9. The van der Waals surface area contributed by atoms with Crippen LogP contribution in [0.4, 0.5) is 5.69 Å². The first-order valence-corrected chi connectivity index (χ1v) is 10.2. The summed E-state index contributed by atoms with van der Waals surface area (Å²) in [7, 11) is 0. The van der Waals surface area contributed by atoms with Gasteiger partial charge < -0.3 is 4.90 Å². The molecule has 1 aromatic carbocycles. The van der Waals surface area contributed by atoms with Crippen molar-refractivity contribution in [3.05, 3.63) is 35.9 Å². The Bertz CT molecular complexity index is 565. The van der Waals surface area contributed by atoms with Crippen molar-refractivity contribution in [1.82, 2.24) is 4.90 Å². The molecular weight excluding hydrogens is 292 g/mol. The number of hydrogen-bond donors (Lipinski definition) is 0. The van der Waals surface area contributed by atoms with Crippen LogP contribution in [0.25, 0.3) is 5.57 Å². The Kier molecular flexibility index (Phi) is 5.22. The van der Waals surface area contributed by atoms with Gasteiger partial charge in [0.05, 0.1) is 0 Å². The van der Waals surface area contributed by atoms with Crippen LogP contribution in [0.5, 0.6) is 0 Å². The summed E-state index contributed by atoms with van der Waals surface area (Å²) < 4.78 is 0. The third-order valence-electron chi connectivity index (χ3n) is 5.97. The van der Waals surface area contributed by atoms with Crippen molar-refractivity contribution in [1.29, 1.82) is 0 Å². The van der Waals surface area contributed by atoms with E-state index in [0.717, 1.165) is 5.92 Å². The molecule has 0 atom stereocenters. The summed E-state index contributed by atoms with van der Waals surface area (Å²) in [5.74, 6) is 1.02. The molecule has 1 saturated heterocycles. The standard InChI is InChI=1S/C22H32N2/c1-2-4-8-20(9-5-3-1)21-10-6-7-11-22(21)24-16-14-23(15-17-24)18-19-12-13-19/h6-8,10-11,19H,1-5,9,12-18H2. The van der Waals surface area contributed by atoms with Gasteiger partial charge in [-0.15, -0.1) is 0 Å². The lowest BCUT2D eigenvalue weighted by molar-refractivity contribution is 0.248. The van der Waals surface area contributed by atoms with Crippen molar-refractivity contribution in [3.63, 3.8) is 0 Å². The van der Waals surface area contributed by atoms with Crippen molar-refractivity contribution in [2.75, 3.05) is 37.6 Å². The zero-order valence-electron chi connectivity index (χ0n) is 15.1. The van der Waals surface area contributed by atoms with Crippen molar-refractivity contribution < 1.29 is 0 Å². The zero-order valence-corrected chi connectivity index (χ0v) is 15.1. The topological polar surface area (TPSA) is 6.48 Å². The van der Waals surface area contributed by atoms with Crippen LogP contribution in [0.15, 0.2) is 30.3 Å². The fraction of sp³-hybridized carbons (Fsp3) is 0.636. The molecular formula is C22H32N2. The Balaban J connectivity index is 1.47. The molecule has 0 N–H and O–H groups in total. The summed E-state index contributed by atoms with van der Waals surface area (Å²) in [5.41, 5.74) is 4.59. The molecule has 0 aromatic heterocycles. The SMILES string of the molecule is C1=C(c2ccccc2N2CCN(CC3CC3)CC2)CCCCCC1. The number of rotatable bonds is 4. The summed E-state index contributed by atoms with van der Waals surface area (Å²) in [6, 6.07) is 9.16. The van der Waals surface area contributed by atoms with Crippen LogP contribution < -0.4 is 4.90 Å². The van der Waals surface area contributed by atoms with Gasteiger partial charge in [0.15, 0.2) is 0 Å². The van der Waals surface area contributed by atoms with Gasteiger partial charge in [-0.2, -0.15) is 0 Å². The van der Waals surface area contributed by atoms with Crippen molar-refractivity contribution >= 4 is 11.3 Å². The second kappa shape index (κ2) is 7.74. The van der Waals surface area contributed by atoms with Gasteiger partial charge in [0.1, 0.15) is 0 Å². The average molecular weight is 325 g/mol. The molecule has 1 aliphatic heterocycles. The Morgan fingerprint density at radius 3 is 2.50 bits per heavy atom. The van der Waals surface area contributed by atoms with E-state index in [4.69, 9.17) is 0 Å². The summed E-state index contributed by atoms with van der Waals surface area (Å²) >= 11 is 0. The van der Waals surface area contributed by atoms with Crippen LogP contribution in [0.1, 0.15) is 56.9 Å². The monoisotopic (exact) mass is 324 g/mol. The maximum absolute atomic E-state index is 2.69. The molecule has 2 aliphatic carbocycles. The van der Waals surface area contributed by atoms with Gasteiger partial charge in [-0.1, -0.05) is 37.1 Å². The third kappa shape index (κ3) is 4.03. The minimum Gasteiger partial charge on any atom is -0.368 e. The van der Waals surface area contributed by atoms with E-state index in [9.17, 15) is 0 Å². The predicted molar refractivity (Wildman–Crippen MR) is 103 cm³/mol. The lowest BCUT2D eigenvalue weighted by atomic mass is 9.93. The quantitative estimate of drug-likeness (QED) is 0.772. The predicted octanol–water partition coefficient (Wildman–Crippen LogP) is 4.96. The second-order valence-electron chi connectivity index (χ2n) is 7.93. The Labute approximate surface area is 147 Å². The van der Waals surface area contributed by atoms with E-state index in [2.05, 4.69) is 40.1 Å². The molecule has 3 aliphatic rings. The summed E-state index contributed by atoms with van der Waals surface area (Å²) in [6.45, 7) is 6.21. The molecule has 0 radical (unpaired) electrons. The zero-order chi connectivity index (χ0) is 16.2. The van der Waals surface area contributed by atoms with Crippen molar-refractivity contribution in [3.8, 4) is 0 Å². The number of benzene rings is 1. The van der Waals surface area contributed by atoms with Crippen molar-refractivity contribution in [2.24, 2.45) is 5.92 Å². The molecule has 2 nitrogen and oxygen atoms in total. The molecule has 2 fully saturated rings. The molecule has 4 rings (SSSR count). The van der Waals surface area contributed by atoms with E-state index >= 15 is 0 Å². The maximum atomic E-state index is 2.69. The normalized spacial score (nSPS) is 23.5. The van der Waals surface area contributed by atoms with Gasteiger partial charge in [0, 0.05) is 44.0 Å². The lowest BCUT2D eigenvalue weighted by Gasteiger charge is -2.37. The fourth-order valence-corrected chi connectivity index (χ4v) is 4.29. The Morgan fingerprint density at radius 2 is 1.67 bits per heavy atom. The van der Waals surface area contributed by atoms with E-state index in [-0.39, 0.29) is 0 Å². The van der Waals surface area contributed by atoms with Crippen molar-refractivity contribution in [2.45, 2.75) is 51.4 Å². The molecule has 1 heterocycles. The van der Waals surface area contributed by atoms with Gasteiger partial charge in [-0.05, 0) is 56.1 Å². The third-order valence-corrected chi connectivity index (χ3v) is 5.97. The van der Waals surface area contributed by atoms with Crippen LogP contribution >= 0.6 is 0 Å². The van der Waals surface area contributed by atoms with Gasteiger partial charge in [0.2, 0.25) is 0 Å². The number of hydrogen-bond acceptors (Lipinski definition) is 2. The molecule has 0 bridgehead atoms. The summed E-state index contributed by atoms with van der Waals surface area (Å²) in [4.78, 5) is 5.32. The van der Waals surface area contributed by atoms with Gasteiger partial charge in [-0.3, -0.25) is 4.90 Å². The molecule has 1 aromatic rings. The highest BCUT2D eigenvalue weighted by Crippen LogP contribution is 2.34. The van der Waals surface area contributed by atoms with Gasteiger partial charge in [0.25, 0.3) is 0 Å².